The molecule has 0 spiro atoms. The molecular formula is C12H22N4O. The summed E-state index contributed by atoms with van der Waals surface area (Å²) in [6.45, 7) is 8.45. The summed E-state index contributed by atoms with van der Waals surface area (Å²) in [5, 5.41) is 7.10. The zero-order valence-electron chi connectivity index (χ0n) is 11.2. The molecule has 1 amide bonds. The molecule has 0 aliphatic heterocycles. The number of carbonyl (C=O) groups is 1. The van der Waals surface area contributed by atoms with Crippen molar-refractivity contribution in [3.05, 3.63) is 17.5 Å². The van der Waals surface area contributed by atoms with Crippen LogP contribution in [0.4, 0.5) is 0 Å². The standard InChI is InChI=1S/C12H22N4O/c1-8-6-9(16(5)15-8)11(17)14-10(7-13)12(2,3)4/h6,10H,7,13H2,1-5H3,(H,14,17). The lowest BCUT2D eigenvalue weighted by Gasteiger charge is -2.30. The largest absolute Gasteiger partial charge is 0.346 e. The van der Waals surface area contributed by atoms with E-state index in [1.807, 2.05) is 6.92 Å². The van der Waals surface area contributed by atoms with Gasteiger partial charge in [0.2, 0.25) is 0 Å². The van der Waals surface area contributed by atoms with Gasteiger partial charge < -0.3 is 11.1 Å². The number of aryl methyl sites for hydroxylation is 2. The highest BCUT2D eigenvalue weighted by atomic mass is 16.2. The van der Waals surface area contributed by atoms with Crippen molar-refractivity contribution in [2.24, 2.45) is 18.2 Å². The third kappa shape index (κ3) is 3.30. The molecule has 3 N–H and O–H groups in total. The Hall–Kier alpha value is -1.36. The molecular weight excluding hydrogens is 216 g/mol. The lowest BCUT2D eigenvalue weighted by atomic mass is 9.86. The summed E-state index contributed by atoms with van der Waals surface area (Å²) in [5.74, 6) is -0.126. The fraction of sp³-hybridized carbons (Fsp3) is 0.667. The average Bonchev–Trinajstić information content (AvgIpc) is 2.52. The fourth-order valence-corrected chi connectivity index (χ4v) is 1.68. The monoisotopic (exact) mass is 238 g/mol. The van der Waals surface area contributed by atoms with Crippen LogP contribution < -0.4 is 11.1 Å². The summed E-state index contributed by atoms with van der Waals surface area (Å²) < 4.78 is 1.58. The van der Waals surface area contributed by atoms with E-state index in [0.717, 1.165) is 5.69 Å². The van der Waals surface area contributed by atoms with Crippen molar-refractivity contribution in [3.8, 4) is 0 Å². The van der Waals surface area contributed by atoms with Gasteiger partial charge in [0.1, 0.15) is 5.69 Å². The summed E-state index contributed by atoms with van der Waals surface area (Å²) in [7, 11) is 1.76. The third-order valence-electron chi connectivity index (χ3n) is 2.82. The van der Waals surface area contributed by atoms with Crippen LogP contribution in [0.15, 0.2) is 6.07 Å². The molecule has 1 rings (SSSR count). The minimum Gasteiger partial charge on any atom is -0.346 e. The molecule has 0 bridgehead atoms. The molecule has 0 aliphatic rings. The minimum atomic E-state index is -0.126. The normalized spacial score (nSPS) is 13.5. The predicted molar refractivity (Wildman–Crippen MR) is 67.7 cm³/mol. The van der Waals surface area contributed by atoms with E-state index in [0.29, 0.717) is 12.2 Å². The van der Waals surface area contributed by atoms with Crippen LogP contribution in [0.1, 0.15) is 37.0 Å². The maximum absolute atomic E-state index is 12.1. The van der Waals surface area contributed by atoms with Crippen LogP contribution in [-0.2, 0) is 7.05 Å². The van der Waals surface area contributed by atoms with Crippen LogP contribution in [0.25, 0.3) is 0 Å². The number of nitrogens with two attached hydrogens (primary N) is 1. The molecule has 0 aliphatic carbocycles. The first-order valence-corrected chi connectivity index (χ1v) is 5.77. The van der Waals surface area contributed by atoms with Gasteiger partial charge in [0.25, 0.3) is 5.91 Å². The summed E-state index contributed by atoms with van der Waals surface area (Å²) in [5.41, 5.74) is 7.03. The van der Waals surface area contributed by atoms with Gasteiger partial charge in [-0.2, -0.15) is 5.10 Å². The smallest absolute Gasteiger partial charge is 0.269 e. The van der Waals surface area contributed by atoms with E-state index < -0.39 is 0 Å². The number of hydrogen-bond donors (Lipinski definition) is 2. The summed E-state index contributed by atoms with van der Waals surface area (Å²) in [6.07, 6.45) is 0. The van der Waals surface area contributed by atoms with Gasteiger partial charge in [0.05, 0.1) is 5.69 Å². The molecule has 1 heterocycles. The van der Waals surface area contributed by atoms with E-state index in [4.69, 9.17) is 5.73 Å². The Morgan fingerprint density at radius 1 is 1.59 bits per heavy atom. The Bertz CT molecular complexity index is 403. The van der Waals surface area contributed by atoms with Crippen molar-refractivity contribution in [2.45, 2.75) is 33.7 Å². The lowest BCUT2D eigenvalue weighted by Crippen LogP contribution is -2.48. The van der Waals surface area contributed by atoms with Crippen molar-refractivity contribution >= 4 is 5.91 Å². The van der Waals surface area contributed by atoms with Crippen molar-refractivity contribution < 1.29 is 4.79 Å². The SMILES string of the molecule is Cc1cc(C(=O)NC(CN)C(C)(C)C)n(C)n1. The van der Waals surface area contributed by atoms with Gasteiger partial charge in [-0.25, -0.2) is 0 Å². The highest BCUT2D eigenvalue weighted by Crippen LogP contribution is 2.18. The number of nitrogens with one attached hydrogen (secondary N) is 1. The van der Waals surface area contributed by atoms with Crippen LogP contribution in [0.2, 0.25) is 0 Å². The zero-order valence-corrected chi connectivity index (χ0v) is 11.2. The fourth-order valence-electron chi connectivity index (χ4n) is 1.68. The summed E-state index contributed by atoms with van der Waals surface area (Å²) in [6, 6.07) is 1.72. The summed E-state index contributed by atoms with van der Waals surface area (Å²) >= 11 is 0. The molecule has 0 fully saturated rings. The number of aromatic nitrogens is 2. The maximum atomic E-state index is 12.1. The summed E-state index contributed by atoms with van der Waals surface area (Å²) in [4.78, 5) is 12.1. The first-order valence-electron chi connectivity index (χ1n) is 5.77. The molecule has 5 nitrogen and oxygen atoms in total. The van der Waals surface area contributed by atoms with Gasteiger partial charge in [-0.1, -0.05) is 20.8 Å². The number of hydrogen-bond acceptors (Lipinski definition) is 3. The second-order valence-corrected chi connectivity index (χ2v) is 5.42. The van der Waals surface area contributed by atoms with Crippen LogP contribution >= 0.6 is 0 Å². The average molecular weight is 238 g/mol. The predicted octanol–water partition coefficient (Wildman–Crippen LogP) is 0.832. The molecule has 1 atom stereocenters. The molecule has 1 unspecified atom stereocenters. The first-order chi connectivity index (χ1) is 7.75. The van der Waals surface area contributed by atoms with Crippen molar-refractivity contribution in [2.75, 3.05) is 6.54 Å². The van der Waals surface area contributed by atoms with E-state index >= 15 is 0 Å². The number of amides is 1. The molecule has 17 heavy (non-hydrogen) atoms. The molecule has 5 heteroatoms. The molecule has 1 aromatic heterocycles. The second kappa shape index (κ2) is 4.87. The van der Waals surface area contributed by atoms with E-state index in [-0.39, 0.29) is 17.4 Å². The Balaban J connectivity index is 2.82. The number of carbonyl (C=O) groups excluding carboxylic acids is 1. The molecule has 1 aromatic rings. The topological polar surface area (TPSA) is 72.9 Å². The molecule has 0 saturated heterocycles. The van der Waals surface area contributed by atoms with Gasteiger partial charge in [-0.15, -0.1) is 0 Å². The number of rotatable bonds is 3. The number of nitrogens with zero attached hydrogens (tertiary/aromatic N) is 2. The second-order valence-electron chi connectivity index (χ2n) is 5.42. The van der Waals surface area contributed by atoms with Gasteiger partial charge in [0, 0.05) is 19.6 Å². The molecule has 0 saturated carbocycles. The third-order valence-corrected chi connectivity index (χ3v) is 2.82. The van der Waals surface area contributed by atoms with Crippen molar-refractivity contribution in [3.63, 3.8) is 0 Å². The lowest BCUT2D eigenvalue weighted by molar-refractivity contribution is 0.0896. The van der Waals surface area contributed by atoms with Crippen LogP contribution in [0.5, 0.6) is 0 Å². The van der Waals surface area contributed by atoms with E-state index in [9.17, 15) is 4.79 Å². The van der Waals surface area contributed by atoms with Crippen molar-refractivity contribution in [1.29, 1.82) is 0 Å². The minimum absolute atomic E-state index is 0.0507. The Morgan fingerprint density at radius 3 is 2.53 bits per heavy atom. The van der Waals surface area contributed by atoms with Crippen molar-refractivity contribution in [1.82, 2.24) is 15.1 Å². The van der Waals surface area contributed by atoms with Crippen LogP contribution in [-0.4, -0.2) is 28.3 Å². The van der Waals surface area contributed by atoms with Crippen LogP contribution in [0, 0.1) is 12.3 Å². The van der Waals surface area contributed by atoms with E-state index in [1.54, 1.807) is 17.8 Å². The van der Waals surface area contributed by atoms with E-state index in [1.165, 1.54) is 0 Å². The van der Waals surface area contributed by atoms with Crippen LogP contribution in [0.3, 0.4) is 0 Å². The zero-order chi connectivity index (χ0) is 13.2. The Morgan fingerprint density at radius 2 is 2.18 bits per heavy atom. The Kier molecular flexibility index (Phi) is 3.93. The first kappa shape index (κ1) is 13.7. The van der Waals surface area contributed by atoms with Gasteiger partial charge in [0.15, 0.2) is 0 Å². The maximum Gasteiger partial charge on any atom is 0.269 e. The Labute approximate surface area is 102 Å². The highest BCUT2D eigenvalue weighted by molar-refractivity contribution is 5.92. The van der Waals surface area contributed by atoms with Gasteiger partial charge in [-0.05, 0) is 18.4 Å². The van der Waals surface area contributed by atoms with Gasteiger partial charge in [-0.3, -0.25) is 9.48 Å². The van der Waals surface area contributed by atoms with Gasteiger partial charge >= 0.3 is 0 Å². The van der Waals surface area contributed by atoms with E-state index in [2.05, 4.69) is 31.2 Å². The quantitative estimate of drug-likeness (QED) is 0.819. The molecule has 96 valence electrons. The molecule has 0 aromatic carbocycles. The highest BCUT2D eigenvalue weighted by Gasteiger charge is 2.26. The molecule has 0 radical (unpaired) electrons.